The normalized spacial score (nSPS) is 13.9. The van der Waals surface area contributed by atoms with Crippen molar-refractivity contribution in [2.75, 3.05) is 13.7 Å². The fourth-order valence-electron chi connectivity index (χ4n) is 2.64. The monoisotopic (exact) mass is 283 g/mol. The SMILES string of the molecule is CCC(COC)NC(c1ccccc1)c1ccccc1C. The minimum Gasteiger partial charge on any atom is -0.383 e. The van der Waals surface area contributed by atoms with E-state index < -0.39 is 0 Å². The van der Waals surface area contributed by atoms with Gasteiger partial charge in [-0.05, 0) is 30.0 Å². The number of rotatable bonds is 7. The van der Waals surface area contributed by atoms with Crippen molar-refractivity contribution in [2.45, 2.75) is 32.4 Å². The summed E-state index contributed by atoms with van der Waals surface area (Å²) in [5, 5.41) is 3.75. The van der Waals surface area contributed by atoms with Gasteiger partial charge in [-0.15, -0.1) is 0 Å². The molecule has 0 saturated heterocycles. The quantitative estimate of drug-likeness (QED) is 0.826. The lowest BCUT2D eigenvalue weighted by Crippen LogP contribution is -2.36. The molecule has 2 aromatic rings. The lowest BCUT2D eigenvalue weighted by atomic mass is 9.94. The molecular weight excluding hydrogens is 258 g/mol. The van der Waals surface area contributed by atoms with E-state index in [1.807, 2.05) is 0 Å². The molecule has 21 heavy (non-hydrogen) atoms. The average molecular weight is 283 g/mol. The van der Waals surface area contributed by atoms with E-state index in [0.29, 0.717) is 6.04 Å². The van der Waals surface area contributed by atoms with Gasteiger partial charge < -0.3 is 10.1 Å². The smallest absolute Gasteiger partial charge is 0.0616 e. The Morgan fingerprint density at radius 1 is 1.00 bits per heavy atom. The summed E-state index contributed by atoms with van der Waals surface area (Å²) in [7, 11) is 1.76. The van der Waals surface area contributed by atoms with Crippen LogP contribution in [0.4, 0.5) is 0 Å². The van der Waals surface area contributed by atoms with Crippen LogP contribution >= 0.6 is 0 Å². The Balaban J connectivity index is 2.33. The van der Waals surface area contributed by atoms with Crippen molar-refractivity contribution in [3.63, 3.8) is 0 Å². The van der Waals surface area contributed by atoms with Crippen LogP contribution in [-0.4, -0.2) is 19.8 Å². The first-order chi connectivity index (χ1) is 10.3. The summed E-state index contributed by atoms with van der Waals surface area (Å²) >= 11 is 0. The summed E-state index contributed by atoms with van der Waals surface area (Å²) in [5.41, 5.74) is 3.94. The van der Waals surface area contributed by atoms with Crippen LogP contribution in [-0.2, 0) is 4.74 Å². The molecule has 0 aliphatic carbocycles. The third-order valence-corrected chi connectivity index (χ3v) is 3.90. The molecule has 2 rings (SSSR count). The van der Waals surface area contributed by atoms with Crippen molar-refractivity contribution in [1.29, 1.82) is 0 Å². The molecule has 2 nitrogen and oxygen atoms in total. The first kappa shape index (κ1) is 15.7. The number of methoxy groups -OCH3 is 1. The van der Waals surface area contributed by atoms with Gasteiger partial charge in [-0.3, -0.25) is 0 Å². The van der Waals surface area contributed by atoms with Gasteiger partial charge in [-0.25, -0.2) is 0 Å². The van der Waals surface area contributed by atoms with Crippen molar-refractivity contribution in [3.8, 4) is 0 Å². The highest BCUT2D eigenvalue weighted by Crippen LogP contribution is 2.25. The van der Waals surface area contributed by atoms with Crippen molar-refractivity contribution in [2.24, 2.45) is 0 Å². The Hall–Kier alpha value is -1.64. The molecule has 0 radical (unpaired) electrons. The topological polar surface area (TPSA) is 21.3 Å². The lowest BCUT2D eigenvalue weighted by Gasteiger charge is -2.26. The third kappa shape index (κ3) is 4.16. The van der Waals surface area contributed by atoms with E-state index in [9.17, 15) is 0 Å². The van der Waals surface area contributed by atoms with E-state index in [2.05, 4.69) is 73.8 Å². The summed E-state index contributed by atoms with van der Waals surface area (Å²) in [6.45, 7) is 5.09. The maximum Gasteiger partial charge on any atom is 0.0616 e. The predicted molar refractivity (Wildman–Crippen MR) is 88.6 cm³/mol. The molecule has 0 amide bonds. The van der Waals surface area contributed by atoms with Gasteiger partial charge in [-0.2, -0.15) is 0 Å². The van der Waals surface area contributed by atoms with Gasteiger partial charge in [0.2, 0.25) is 0 Å². The van der Waals surface area contributed by atoms with Gasteiger partial charge in [0.15, 0.2) is 0 Å². The van der Waals surface area contributed by atoms with E-state index in [4.69, 9.17) is 4.74 Å². The summed E-state index contributed by atoms with van der Waals surface area (Å²) in [4.78, 5) is 0. The fraction of sp³-hybridized carbons (Fsp3) is 0.368. The van der Waals surface area contributed by atoms with E-state index in [-0.39, 0.29) is 6.04 Å². The first-order valence-corrected chi connectivity index (χ1v) is 7.61. The highest BCUT2D eigenvalue weighted by atomic mass is 16.5. The second-order valence-electron chi connectivity index (χ2n) is 5.43. The minimum absolute atomic E-state index is 0.201. The van der Waals surface area contributed by atoms with Crippen LogP contribution in [0.2, 0.25) is 0 Å². The van der Waals surface area contributed by atoms with Crippen molar-refractivity contribution >= 4 is 0 Å². The van der Waals surface area contributed by atoms with E-state index in [1.54, 1.807) is 7.11 Å². The highest BCUT2D eigenvalue weighted by molar-refractivity contribution is 5.36. The van der Waals surface area contributed by atoms with Crippen LogP contribution < -0.4 is 5.32 Å². The van der Waals surface area contributed by atoms with Gasteiger partial charge in [0, 0.05) is 13.2 Å². The Morgan fingerprint density at radius 3 is 2.29 bits per heavy atom. The number of ether oxygens (including phenoxy) is 1. The Kier molecular flexibility index (Phi) is 5.97. The summed E-state index contributed by atoms with van der Waals surface area (Å²) in [6.07, 6.45) is 1.04. The molecule has 0 aromatic heterocycles. The van der Waals surface area contributed by atoms with Crippen LogP contribution in [0.5, 0.6) is 0 Å². The molecule has 2 atom stereocenters. The number of hydrogen-bond acceptors (Lipinski definition) is 2. The van der Waals surface area contributed by atoms with Crippen molar-refractivity contribution < 1.29 is 4.74 Å². The van der Waals surface area contributed by atoms with Crippen LogP contribution in [0.3, 0.4) is 0 Å². The molecule has 0 heterocycles. The van der Waals surface area contributed by atoms with Gasteiger partial charge in [-0.1, -0.05) is 61.5 Å². The number of benzene rings is 2. The fourth-order valence-corrected chi connectivity index (χ4v) is 2.64. The number of hydrogen-bond donors (Lipinski definition) is 1. The molecule has 1 N–H and O–H groups in total. The van der Waals surface area contributed by atoms with Crippen molar-refractivity contribution in [3.05, 3.63) is 71.3 Å². The highest BCUT2D eigenvalue weighted by Gasteiger charge is 2.19. The average Bonchev–Trinajstić information content (AvgIpc) is 2.53. The van der Waals surface area contributed by atoms with Crippen molar-refractivity contribution in [1.82, 2.24) is 5.32 Å². The largest absolute Gasteiger partial charge is 0.383 e. The predicted octanol–water partition coefficient (Wildman–Crippen LogP) is 4.10. The Labute approximate surface area is 128 Å². The standard InChI is InChI=1S/C19H25NO/c1-4-17(14-21-3)20-19(16-11-6-5-7-12-16)18-13-9-8-10-15(18)2/h5-13,17,19-20H,4,14H2,1-3H3. The number of nitrogens with one attached hydrogen (secondary N) is 1. The van der Waals surface area contributed by atoms with Gasteiger partial charge >= 0.3 is 0 Å². The maximum atomic E-state index is 5.34. The Bertz CT molecular complexity index is 538. The van der Waals surface area contributed by atoms with Gasteiger partial charge in [0.25, 0.3) is 0 Å². The third-order valence-electron chi connectivity index (χ3n) is 3.90. The Morgan fingerprint density at radius 2 is 1.67 bits per heavy atom. The minimum atomic E-state index is 0.201. The molecule has 0 aliphatic heterocycles. The van der Waals surface area contributed by atoms with Crippen LogP contribution in [0, 0.1) is 6.92 Å². The second-order valence-corrected chi connectivity index (χ2v) is 5.43. The molecule has 0 bridgehead atoms. The molecule has 2 unspecified atom stereocenters. The molecule has 2 heteroatoms. The van der Waals surface area contributed by atoms with E-state index >= 15 is 0 Å². The van der Waals surface area contributed by atoms with Gasteiger partial charge in [0.1, 0.15) is 0 Å². The van der Waals surface area contributed by atoms with Gasteiger partial charge in [0.05, 0.1) is 12.6 Å². The molecule has 0 fully saturated rings. The molecule has 112 valence electrons. The lowest BCUT2D eigenvalue weighted by molar-refractivity contribution is 0.161. The molecular formula is C19H25NO. The van der Waals surface area contributed by atoms with Crippen LogP contribution in [0.15, 0.2) is 54.6 Å². The summed E-state index contributed by atoms with van der Waals surface area (Å²) in [5.74, 6) is 0. The van der Waals surface area contributed by atoms with Crippen LogP contribution in [0.1, 0.15) is 36.1 Å². The molecule has 2 aromatic carbocycles. The molecule has 0 saturated carbocycles. The summed E-state index contributed by atoms with van der Waals surface area (Å²) in [6, 6.07) is 19.7. The zero-order chi connectivity index (χ0) is 15.1. The second kappa shape index (κ2) is 7.96. The van der Waals surface area contributed by atoms with E-state index in [0.717, 1.165) is 13.0 Å². The van der Waals surface area contributed by atoms with E-state index in [1.165, 1.54) is 16.7 Å². The molecule has 0 spiro atoms. The molecule has 0 aliphatic rings. The zero-order valence-electron chi connectivity index (χ0n) is 13.2. The zero-order valence-corrected chi connectivity index (χ0v) is 13.2. The van der Waals surface area contributed by atoms with Crippen LogP contribution in [0.25, 0.3) is 0 Å². The first-order valence-electron chi connectivity index (χ1n) is 7.61. The summed E-state index contributed by atoms with van der Waals surface area (Å²) < 4.78 is 5.34. The number of aryl methyl sites for hydroxylation is 1. The maximum absolute atomic E-state index is 5.34.